The third-order valence-corrected chi connectivity index (χ3v) is 5.31. The van der Waals surface area contributed by atoms with Crippen LogP contribution in [-0.2, 0) is 16.0 Å². The van der Waals surface area contributed by atoms with Crippen molar-refractivity contribution in [3.05, 3.63) is 36.0 Å². The Bertz CT molecular complexity index is 799. The van der Waals surface area contributed by atoms with E-state index in [1.165, 1.54) is 0 Å². The summed E-state index contributed by atoms with van der Waals surface area (Å²) in [5.41, 5.74) is 2.42. The average Bonchev–Trinajstić information content (AvgIpc) is 3.35. The van der Waals surface area contributed by atoms with Gasteiger partial charge in [-0.05, 0) is 37.3 Å². The summed E-state index contributed by atoms with van der Waals surface area (Å²) >= 11 is 0. The predicted molar refractivity (Wildman–Crippen MR) is 99.7 cm³/mol. The van der Waals surface area contributed by atoms with E-state index in [0.29, 0.717) is 51.4 Å². The van der Waals surface area contributed by atoms with Crippen molar-refractivity contribution in [1.29, 1.82) is 0 Å². The zero-order valence-corrected chi connectivity index (χ0v) is 15.8. The Kier molecular flexibility index (Phi) is 4.88. The number of piperidine rings is 1. The number of amides is 1. The number of carbonyl (C=O) groups is 1. The Morgan fingerprint density at radius 3 is 2.44 bits per heavy atom. The summed E-state index contributed by atoms with van der Waals surface area (Å²) in [6.45, 7) is 5.23. The minimum Gasteiger partial charge on any atom is -0.497 e. The van der Waals surface area contributed by atoms with Gasteiger partial charge in [0.25, 0.3) is 5.91 Å². The molecule has 1 amide bonds. The molecule has 7 heteroatoms. The van der Waals surface area contributed by atoms with Gasteiger partial charge in [-0.25, -0.2) is 0 Å². The molecule has 1 spiro atoms. The minimum atomic E-state index is -0.478. The molecule has 3 heterocycles. The summed E-state index contributed by atoms with van der Waals surface area (Å²) in [6, 6.07) is 9.66. The number of benzene rings is 1. The van der Waals surface area contributed by atoms with E-state index >= 15 is 0 Å². The molecular weight excluding hydrogens is 346 g/mol. The quantitative estimate of drug-likeness (QED) is 0.826. The number of methoxy groups -OCH3 is 1. The molecule has 1 aromatic heterocycles. The molecule has 0 saturated carbocycles. The van der Waals surface area contributed by atoms with Gasteiger partial charge < -0.3 is 19.1 Å². The van der Waals surface area contributed by atoms with Crippen molar-refractivity contribution < 1.29 is 19.0 Å². The van der Waals surface area contributed by atoms with Crippen molar-refractivity contribution in [3.63, 3.8) is 0 Å². The highest BCUT2D eigenvalue weighted by atomic mass is 16.7. The van der Waals surface area contributed by atoms with E-state index in [9.17, 15) is 4.79 Å². The second-order valence-electron chi connectivity index (χ2n) is 6.86. The van der Waals surface area contributed by atoms with E-state index in [4.69, 9.17) is 14.2 Å². The molecule has 7 nitrogen and oxygen atoms in total. The number of likely N-dealkylation sites (tertiary alicyclic amines) is 1. The Morgan fingerprint density at radius 2 is 1.85 bits per heavy atom. The van der Waals surface area contributed by atoms with Crippen molar-refractivity contribution in [2.45, 2.75) is 32.1 Å². The highest BCUT2D eigenvalue weighted by molar-refractivity contribution is 5.93. The maximum absolute atomic E-state index is 13.0. The van der Waals surface area contributed by atoms with Gasteiger partial charge in [0.15, 0.2) is 11.5 Å². The van der Waals surface area contributed by atoms with Gasteiger partial charge in [-0.2, -0.15) is 5.10 Å². The predicted octanol–water partition coefficient (Wildman–Crippen LogP) is 2.56. The zero-order valence-electron chi connectivity index (χ0n) is 15.8. The Labute approximate surface area is 158 Å². The van der Waals surface area contributed by atoms with Crippen LogP contribution in [0.15, 0.2) is 30.3 Å². The second-order valence-corrected chi connectivity index (χ2v) is 6.86. The topological polar surface area (TPSA) is 65.8 Å². The van der Waals surface area contributed by atoms with Crippen LogP contribution in [0.1, 0.15) is 30.3 Å². The molecular formula is C20H25N3O4. The zero-order chi connectivity index (χ0) is 18.9. The minimum absolute atomic E-state index is 0.0372. The molecule has 2 aliphatic heterocycles. The molecule has 2 aromatic rings. The van der Waals surface area contributed by atoms with Crippen LogP contribution in [0.4, 0.5) is 0 Å². The van der Waals surface area contributed by atoms with Gasteiger partial charge in [-0.1, -0.05) is 0 Å². The molecule has 0 N–H and O–H groups in total. The molecule has 0 bridgehead atoms. The summed E-state index contributed by atoms with van der Waals surface area (Å²) < 4.78 is 18.6. The van der Waals surface area contributed by atoms with E-state index in [2.05, 4.69) is 5.10 Å². The SMILES string of the molecule is CCn1nc(C(=O)N2CCC3(CC2)OCCO3)cc1-c1ccc(OC)cc1. The highest BCUT2D eigenvalue weighted by Gasteiger charge is 2.41. The fraction of sp³-hybridized carbons (Fsp3) is 0.500. The number of carbonyl (C=O) groups excluding carboxylic acids is 1. The van der Waals surface area contributed by atoms with E-state index in [1.807, 2.05) is 46.8 Å². The largest absolute Gasteiger partial charge is 0.497 e. The average molecular weight is 371 g/mol. The lowest BCUT2D eigenvalue weighted by molar-refractivity contribution is -0.181. The molecule has 1 aromatic carbocycles. The summed E-state index contributed by atoms with van der Waals surface area (Å²) in [5, 5.41) is 4.54. The Hall–Kier alpha value is -2.38. The molecule has 0 atom stereocenters. The van der Waals surface area contributed by atoms with Crippen LogP contribution >= 0.6 is 0 Å². The molecule has 2 aliphatic rings. The van der Waals surface area contributed by atoms with Crippen LogP contribution in [0.5, 0.6) is 5.75 Å². The third-order valence-electron chi connectivity index (χ3n) is 5.31. The number of nitrogens with zero attached hydrogens (tertiary/aromatic N) is 3. The van der Waals surface area contributed by atoms with Crippen LogP contribution in [0, 0.1) is 0 Å². The highest BCUT2D eigenvalue weighted by Crippen LogP contribution is 2.32. The summed E-state index contributed by atoms with van der Waals surface area (Å²) in [5.74, 6) is 0.286. The Balaban J connectivity index is 1.51. The first-order valence-electron chi connectivity index (χ1n) is 9.43. The van der Waals surface area contributed by atoms with Gasteiger partial charge in [0.1, 0.15) is 5.75 Å². The standard InChI is InChI=1S/C20H25N3O4/c1-3-23-18(15-4-6-16(25-2)7-5-15)14-17(21-23)19(24)22-10-8-20(9-11-22)26-12-13-27-20/h4-7,14H,3,8-13H2,1-2H3. The number of aryl methyl sites for hydroxylation is 1. The molecule has 2 saturated heterocycles. The van der Waals surface area contributed by atoms with E-state index in [1.54, 1.807) is 7.11 Å². The van der Waals surface area contributed by atoms with Gasteiger partial charge in [0.2, 0.25) is 0 Å². The molecule has 0 radical (unpaired) electrons. The number of aromatic nitrogens is 2. The number of ether oxygens (including phenoxy) is 3. The normalized spacial score (nSPS) is 18.8. The van der Waals surface area contributed by atoms with Crippen molar-refractivity contribution in [1.82, 2.24) is 14.7 Å². The van der Waals surface area contributed by atoms with Crippen LogP contribution in [0.2, 0.25) is 0 Å². The van der Waals surface area contributed by atoms with E-state index in [-0.39, 0.29) is 5.91 Å². The lowest BCUT2D eigenvalue weighted by atomic mass is 10.0. The van der Waals surface area contributed by atoms with Crippen LogP contribution in [0.3, 0.4) is 0 Å². The van der Waals surface area contributed by atoms with E-state index in [0.717, 1.165) is 17.0 Å². The molecule has 0 aliphatic carbocycles. The van der Waals surface area contributed by atoms with Gasteiger partial charge in [0.05, 0.1) is 26.0 Å². The number of hydrogen-bond acceptors (Lipinski definition) is 5. The first-order chi connectivity index (χ1) is 13.1. The molecule has 144 valence electrons. The molecule has 2 fully saturated rings. The van der Waals surface area contributed by atoms with Crippen molar-refractivity contribution in [2.75, 3.05) is 33.4 Å². The Morgan fingerprint density at radius 1 is 1.19 bits per heavy atom. The first-order valence-corrected chi connectivity index (χ1v) is 9.43. The van der Waals surface area contributed by atoms with Crippen LogP contribution in [0.25, 0.3) is 11.3 Å². The third kappa shape index (κ3) is 3.44. The fourth-order valence-electron chi connectivity index (χ4n) is 3.75. The summed E-state index contributed by atoms with van der Waals surface area (Å²) in [6.07, 6.45) is 1.41. The second kappa shape index (κ2) is 7.32. The molecule has 0 unspecified atom stereocenters. The fourth-order valence-corrected chi connectivity index (χ4v) is 3.75. The van der Waals surface area contributed by atoms with Crippen LogP contribution in [-0.4, -0.2) is 59.8 Å². The van der Waals surface area contributed by atoms with Crippen molar-refractivity contribution in [3.8, 4) is 17.0 Å². The van der Waals surface area contributed by atoms with E-state index < -0.39 is 5.79 Å². The molecule has 27 heavy (non-hydrogen) atoms. The van der Waals surface area contributed by atoms with Crippen molar-refractivity contribution >= 4 is 5.91 Å². The maximum atomic E-state index is 13.0. The number of rotatable bonds is 4. The van der Waals surface area contributed by atoms with Crippen molar-refractivity contribution in [2.24, 2.45) is 0 Å². The van der Waals surface area contributed by atoms with Crippen LogP contribution < -0.4 is 4.74 Å². The van der Waals surface area contributed by atoms with Gasteiger partial charge in [0, 0.05) is 38.0 Å². The summed E-state index contributed by atoms with van der Waals surface area (Å²) in [4.78, 5) is 14.8. The molecule has 4 rings (SSSR count). The smallest absolute Gasteiger partial charge is 0.274 e. The van der Waals surface area contributed by atoms with Gasteiger partial charge in [-0.3, -0.25) is 9.48 Å². The number of hydrogen-bond donors (Lipinski definition) is 0. The van der Waals surface area contributed by atoms with Gasteiger partial charge >= 0.3 is 0 Å². The maximum Gasteiger partial charge on any atom is 0.274 e. The first kappa shape index (κ1) is 18.0. The lowest BCUT2D eigenvalue weighted by Crippen LogP contribution is -2.47. The lowest BCUT2D eigenvalue weighted by Gasteiger charge is -2.37. The monoisotopic (exact) mass is 371 g/mol. The summed E-state index contributed by atoms with van der Waals surface area (Å²) in [7, 11) is 1.65. The van der Waals surface area contributed by atoms with Gasteiger partial charge in [-0.15, -0.1) is 0 Å².